The maximum absolute atomic E-state index is 12.2. The van der Waals surface area contributed by atoms with Gasteiger partial charge < -0.3 is 10.1 Å². The van der Waals surface area contributed by atoms with E-state index in [2.05, 4.69) is 19.2 Å². The van der Waals surface area contributed by atoms with Crippen LogP contribution in [-0.2, 0) is 9.53 Å². The fraction of sp³-hybridized carbons (Fsp3) is 0.556. The molecular weight excluding hydrogens is 278 g/mol. The van der Waals surface area contributed by atoms with Gasteiger partial charge >= 0.3 is 5.97 Å². The van der Waals surface area contributed by atoms with Crippen LogP contribution in [0.2, 0.25) is 0 Å². The van der Waals surface area contributed by atoms with Crippen LogP contribution in [-0.4, -0.2) is 24.5 Å². The number of cyclic esters (lactones) is 1. The predicted molar refractivity (Wildman–Crippen MR) is 85.8 cm³/mol. The lowest BCUT2D eigenvalue weighted by atomic mass is 9.91. The maximum Gasteiger partial charge on any atom is 0.328 e. The van der Waals surface area contributed by atoms with E-state index in [1.54, 1.807) is 0 Å². The van der Waals surface area contributed by atoms with E-state index in [9.17, 15) is 9.59 Å². The molecule has 1 aliphatic rings. The minimum Gasteiger partial charge on any atom is -0.464 e. The van der Waals surface area contributed by atoms with Crippen molar-refractivity contribution >= 4 is 11.9 Å². The zero-order chi connectivity index (χ0) is 15.9. The highest BCUT2D eigenvalue weighted by molar-refractivity contribution is 5.97. The lowest BCUT2D eigenvalue weighted by Gasteiger charge is -2.15. The molecule has 2 atom stereocenters. The minimum atomic E-state index is -0.500. The number of hydrogen-bond donors (Lipinski definition) is 1. The second-order valence-corrected chi connectivity index (χ2v) is 5.85. The van der Waals surface area contributed by atoms with Crippen molar-refractivity contribution in [1.29, 1.82) is 0 Å². The summed E-state index contributed by atoms with van der Waals surface area (Å²) in [5.74, 6) is 0.00876. The lowest BCUT2D eigenvalue weighted by molar-refractivity contribution is -0.139. The average molecular weight is 303 g/mol. The van der Waals surface area contributed by atoms with Gasteiger partial charge in [-0.25, -0.2) is 4.79 Å². The number of nitrogens with one attached hydrogen (secondary N) is 1. The Bertz CT molecular complexity index is 510. The third-order valence-corrected chi connectivity index (χ3v) is 4.28. The molecule has 1 aliphatic heterocycles. The third kappa shape index (κ3) is 4.09. The van der Waals surface area contributed by atoms with E-state index < -0.39 is 6.04 Å². The average Bonchev–Trinajstić information content (AvgIpc) is 2.94. The number of benzene rings is 1. The van der Waals surface area contributed by atoms with Gasteiger partial charge in [0.15, 0.2) is 0 Å². The summed E-state index contributed by atoms with van der Waals surface area (Å²) in [7, 11) is 0. The van der Waals surface area contributed by atoms with Crippen LogP contribution in [0.25, 0.3) is 0 Å². The van der Waals surface area contributed by atoms with E-state index in [0.29, 0.717) is 24.5 Å². The molecule has 0 radical (unpaired) electrons. The highest BCUT2D eigenvalue weighted by Gasteiger charge is 2.28. The summed E-state index contributed by atoms with van der Waals surface area (Å²) in [6.45, 7) is 4.79. The first-order valence-corrected chi connectivity index (χ1v) is 8.23. The quantitative estimate of drug-likeness (QED) is 0.785. The molecule has 1 aromatic carbocycles. The van der Waals surface area contributed by atoms with Gasteiger partial charge in [0.2, 0.25) is 0 Å². The van der Waals surface area contributed by atoms with Crippen LogP contribution >= 0.6 is 0 Å². The van der Waals surface area contributed by atoms with Gasteiger partial charge in [-0.3, -0.25) is 4.79 Å². The summed E-state index contributed by atoms with van der Waals surface area (Å²) in [5, 5.41) is 2.73. The molecule has 1 heterocycles. The number of hydrogen-bond acceptors (Lipinski definition) is 3. The van der Waals surface area contributed by atoms with Crippen molar-refractivity contribution in [2.24, 2.45) is 0 Å². The van der Waals surface area contributed by atoms with Crippen LogP contribution in [0.5, 0.6) is 0 Å². The molecule has 120 valence electrons. The molecular formula is C18H25NO3. The highest BCUT2D eigenvalue weighted by Crippen LogP contribution is 2.25. The van der Waals surface area contributed by atoms with Gasteiger partial charge in [-0.1, -0.05) is 38.8 Å². The largest absolute Gasteiger partial charge is 0.464 e. The molecule has 4 heteroatoms. The number of unbranched alkanes of at least 4 members (excludes halogenated alkanes) is 1. The van der Waals surface area contributed by atoms with Gasteiger partial charge in [-0.05, 0) is 36.5 Å². The number of esters is 1. The second kappa shape index (κ2) is 7.97. The van der Waals surface area contributed by atoms with Crippen molar-refractivity contribution in [2.75, 3.05) is 6.61 Å². The van der Waals surface area contributed by atoms with E-state index in [1.807, 2.05) is 24.3 Å². The Balaban J connectivity index is 1.98. The summed E-state index contributed by atoms with van der Waals surface area (Å²) in [6, 6.07) is 7.26. The summed E-state index contributed by atoms with van der Waals surface area (Å²) < 4.78 is 4.85. The molecule has 0 bridgehead atoms. The van der Waals surface area contributed by atoms with Gasteiger partial charge in [0.1, 0.15) is 6.04 Å². The summed E-state index contributed by atoms with van der Waals surface area (Å²) in [5.41, 5.74) is 1.88. The van der Waals surface area contributed by atoms with Crippen LogP contribution in [0.15, 0.2) is 24.3 Å². The predicted octanol–water partition coefficient (Wildman–Crippen LogP) is 3.42. The van der Waals surface area contributed by atoms with Crippen molar-refractivity contribution in [3.05, 3.63) is 35.4 Å². The number of amides is 1. The molecule has 0 saturated carbocycles. The topological polar surface area (TPSA) is 55.4 Å². The molecule has 0 spiro atoms. The summed E-state index contributed by atoms with van der Waals surface area (Å²) >= 11 is 0. The second-order valence-electron chi connectivity index (χ2n) is 5.85. The maximum atomic E-state index is 12.2. The molecule has 22 heavy (non-hydrogen) atoms. The van der Waals surface area contributed by atoms with Crippen molar-refractivity contribution in [3.8, 4) is 0 Å². The normalized spacial score (nSPS) is 18.8. The molecule has 1 amide bonds. The fourth-order valence-corrected chi connectivity index (χ4v) is 2.83. The Morgan fingerprint density at radius 2 is 2.05 bits per heavy atom. The van der Waals surface area contributed by atoms with Crippen molar-refractivity contribution in [2.45, 2.75) is 57.9 Å². The van der Waals surface area contributed by atoms with E-state index >= 15 is 0 Å². The Morgan fingerprint density at radius 3 is 2.59 bits per heavy atom. The van der Waals surface area contributed by atoms with Gasteiger partial charge in [-0.2, -0.15) is 0 Å². The van der Waals surface area contributed by atoms with Gasteiger partial charge in [-0.15, -0.1) is 0 Å². The number of rotatable bonds is 7. The first-order valence-electron chi connectivity index (χ1n) is 8.23. The Kier molecular flexibility index (Phi) is 5.99. The summed E-state index contributed by atoms with van der Waals surface area (Å²) in [4.78, 5) is 23.5. The number of ether oxygens (including phenoxy) is 1. The Labute approximate surface area is 132 Å². The van der Waals surface area contributed by atoms with Crippen molar-refractivity contribution < 1.29 is 14.3 Å². The monoisotopic (exact) mass is 303 g/mol. The SMILES string of the molecule is CCCCC(CC)c1ccc(C(=O)N[C@H]2CCOC2=O)cc1. The first kappa shape index (κ1) is 16.5. The zero-order valence-electron chi connectivity index (χ0n) is 13.4. The molecule has 4 nitrogen and oxygen atoms in total. The molecule has 0 aliphatic carbocycles. The van der Waals surface area contributed by atoms with Crippen LogP contribution in [0, 0.1) is 0 Å². The van der Waals surface area contributed by atoms with Crippen LogP contribution < -0.4 is 5.32 Å². The smallest absolute Gasteiger partial charge is 0.328 e. The molecule has 2 rings (SSSR count). The first-order chi connectivity index (χ1) is 10.7. The van der Waals surface area contributed by atoms with E-state index in [1.165, 1.54) is 24.8 Å². The van der Waals surface area contributed by atoms with E-state index in [4.69, 9.17) is 4.74 Å². The van der Waals surface area contributed by atoms with Crippen LogP contribution in [0.3, 0.4) is 0 Å². The molecule has 0 aromatic heterocycles. The van der Waals surface area contributed by atoms with Gasteiger partial charge in [0.05, 0.1) is 6.61 Å². The summed E-state index contributed by atoms with van der Waals surface area (Å²) in [6.07, 6.45) is 5.28. The number of carbonyl (C=O) groups excluding carboxylic acids is 2. The van der Waals surface area contributed by atoms with Crippen molar-refractivity contribution in [3.63, 3.8) is 0 Å². The van der Waals surface area contributed by atoms with E-state index in [-0.39, 0.29) is 11.9 Å². The Hall–Kier alpha value is -1.84. The fourth-order valence-electron chi connectivity index (χ4n) is 2.83. The van der Waals surface area contributed by atoms with Crippen LogP contribution in [0.1, 0.15) is 67.8 Å². The molecule has 1 fully saturated rings. The third-order valence-electron chi connectivity index (χ3n) is 4.28. The minimum absolute atomic E-state index is 0.211. The molecule has 1 saturated heterocycles. The lowest BCUT2D eigenvalue weighted by Crippen LogP contribution is -2.37. The standard InChI is InChI=1S/C18H25NO3/c1-3-5-6-13(4-2)14-7-9-15(10-8-14)17(20)19-16-11-12-22-18(16)21/h7-10,13,16H,3-6,11-12H2,1-2H3,(H,19,20)/t13?,16-/m0/s1. The number of carbonyl (C=O) groups is 2. The van der Waals surface area contributed by atoms with Crippen LogP contribution in [0.4, 0.5) is 0 Å². The molecule has 1 N–H and O–H groups in total. The van der Waals surface area contributed by atoms with Crippen molar-refractivity contribution in [1.82, 2.24) is 5.32 Å². The Morgan fingerprint density at radius 1 is 1.32 bits per heavy atom. The molecule has 1 unspecified atom stereocenters. The van der Waals surface area contributed by atoms with Gasteiger partial charge in [0, 0.05) is 12.0 Å². The zero-order valence-corrected chi connectivity index (χ0v) is 13.4. The van der Waals surface area contributed by atoms with Gasteiger partial charge in [0.25, 0.3) is 5.91 Å². The molecule has 1 aromatic rings. The highest BCUT2D eigenvalue weighted by atomic mass is 16.5. The van der Waals surface area contributed by atoms with E-state index in [0.717, 1.165) is 6.42 Å².